The second-order valence-electron chi connectivity index (χ2n) is 6.83. The maximum absolute atomic E-state index is 10.7. The van der Waals surface area contributed by atoms with Crippen LogP contribution in [-0.2, 0) is 4.74 Å². The van der Waals surface area contributed by atoms with Crippen molar-refractivity contribution in [2.75, 3.05) is 0 Å². The van der Waals surface area contributed by atoms with E-state index < -0.39 is 6.16 Å². The minimum atomic E-state index is -1.12. The van der Waals surface area contributed by atoms with Crippen LogP contribution in [0.3, 0.4) is 0 Å². The maximum Gasteiger partial charge on any atom is 0.506 e. The van der Waals surface area contributed by atoms with Crippen LogP contribution >= 0.6 is 0 Å². The van der Waals surface area contributed by atoms with Gasteiger partial charge in [0.2, 0.25) is 0 Å². The quantitative estimate of drug-likeness (QED) is 0.224. The molecule has 3 nitrogen and oxygen atoms in total. The fourth-order valence-corrected chi connectivity index (χ4v) is 3.06. The predicted molar refractivity (Wildman–Crippen MR) is 98.1 cm³/mol. The molecule has 1 N–H and O–H groups in total. The topological polar surface area (TPSA) is 46.5 Å². The van der Waals surface area contributed by atoms with E-state index in [1.165, 1.54) is 64.2 Å². The molecular formula is C20H40O3. The molecule has 0 radical (unpaired) electrons. The molecule has 0 aromatic heterocycles. The van der Waals surface area contributed by atoms with Gasteiger partial charge in [0.15, 0.2) is 0 Å². The number of ether oxygens (including phenoxy) is 1. The Kier molecular flexibility index (Phi) is 17.1. The van der Waals surface area contributed by atoms with Gasteiger partial charge in [0.25, 0.3) is 0 Å². The van der Waals surface area contributed by atoms with Crippen molar-refractivity contribution in [1.29, 1.82) is 0 Å². The molecule has 3 heteroatoms. The summed E-state index contributed by atoms with van der Waals surface area (Å²) in [6, 6.07) is 0. The van der Waals surface area contributed by atoms with Gasteiger partial charge in [0, 0.05) is 0 Å². The Bertz CT molecular complexity index is 253. The van der Waals surface area contributed by atoms with Crippen molar-refractivity contribution in [1.82, 2.24) is 0 Å². The fraction of sp³-hybridized carbons (Fsp3) is 0.950. The van der Waals surface area contributed by atoms with Crippen molar-refractivity contribution in [3.8, 4) is 0 Å². The highest BCUT2D eigenvalue weighted by molar-refractivity contribution is 5.57. The molecular weight excluding hydrogens is 288 g/mol. The first-order valence-corrected chi connectivity index (χ1v) is 10.1. The number of rotatable bonds is 17. The molecule has 0 amide bonds. The SMILES string of the molecule is CCCCCCCCCCCCCC(CCCCC)OC(=O)O. The van der Waals surface area contributed by atoms with Crippen molar-refractivity contribution >= 4 is 6.16 Å². The van der Waals surface area contributed by atoms with Crippen LogP contribution in [0.15, 0.2) is 0 Å². The predicted octanol–water partition coefficient (Wildman–Crippen LogP) is 7.33. The van der Waals surface area contributed by atoms with Gasteiger partial charge in [0.1, 0.15) is 6.10 Å². The van der Waals surface area contributed by atoms with Crippen LogP contribution < -0.4 is 0 Å². The van der Waals surface area contributed by atoms with Crippen molar-refractivity contribution in [2.45, 2.75) is 123 Å². The molecule has 0 aliphatic heterocycles. The van der Waals surface area contributed by atoms with Gasteiger partial charge in [0.05, 0.1) is 0 Å². The normalized spacial score (nSPS) is 12.3. The van der Waals surface area contributed by atoms with Gasteiger partial charge in [-0.25, -0.2) is 4.79 Å². The summed E-state index contributed by atoms with van der Waals surface area (Å²) in [6.45, 7) is 4.42. The number of hydrogen-bond acceptors (Lipinski definition) is 2. The monoisotopic (exact) mass is 328 g/mol. The lowest BCUT2D eigenvalue weighted by Gasteiger charge is -2.15. The zero-order valence-corrected chi connectivity index (χ0v) is 15.7. The molecule has 0 saturated heterocycles. The summed E-state index contributed by atoms with van der Waals surface area (Å²) >= 11 is 0. The Balaban J connectivity index is 3.45. The lowest BCUT2D eigenvalue weighted by Crippen LogP contribution is -2.16. The van der Waals surface area contributed by atoms with E-state index in [9.17, 15) is 4.79 Å². The van der Waals surface area contributed by atoms with Gasteiger partial charge in [-0.05, 0) is 25.7 Å². The van der Waals surface area contributed by atoms with Crippen molar-refractivity contribution in [2.24, 2.45) is 0 Å². The van der Waals surface area contributed by atoms with Crippen LogP contribution in [0.5, 0.6) is 0 Å². The average Bonchev–Trinajstić information content (AvgIpc) is 2.52. The summed E-state index contributed by atoms with van der Waals surface area (Å²) in [4.78, 5) is 10.7. The first-order chi connectivity index (χ1) is 11.2. The zero-order valence-electron chi connectivity index (χ0n) is 15.7. The lowest BCUT2D eigenvalue weighted by molar-refractivity contribution is 0.0423. The molecule has 138 valence electrons. The average molecular weight is 329 g/mol. The van der Waals surface area contributed by atoms with Crippen molar-refractivity contribution < 1.29 is 14.6 Å². The maximum atomic E-state index is 10.7. The van der Waals surface area contributed by atoms with Gasteiger partial charge in [-0.2, -0.15) is 0 Å². The molecule has 0 bridgehead atoms. The molecule has 0 aromatic carbocycles. The van der Waals surface area contributed by atoms with Gasteiger partial charge < -0.3 is 9.84 Å². The van der Waals surface area contributed by atoms with E-state index in [4.69, 9.17) is 9.84 Å². The molecule has 0 aliphatic carbocycles. The summed E-state index contributed by atoms with van der Waals surface area (Å²) in [5.41, 5.74) is 0. The van der Waals surface area contributed by atoms with Crippen LogP contribution in [0.1, 0.15) is 117 Å². The summed E-state index contributed by atoms with van der Waals surface area (Å²) in [6.07, 6.45) is 18.6. The molecule has 0 aliphatic rings. The third kappa shape index (κ3) is 17.5. The summed E-state index contributed by atoms with van der Waals surface area (Å²) < 4.78 is 5.01. The molecule has 23 heavy (non-hydrogen) atoms. The second kappa shape index (κ2) is 17.6. The van der Waals surface area contributed by atoms with Crippen molar-refractivity contribution in [3.63, 3.8) is 0 Å². The number of unbranched alkanes of at least 4 members (excludes halogenated alkanes) is 12. The van der Waals surface area contributed by atoms with Gasteiger partial charge in [-0.1, -0.05) is 90.9 Å². The van der Waals surface area contributed by atoms with E-state index in [0.29, 0.717) is 0 Å². The summed E-state index contributed by atoms with van der Waals surface area (Å²) in [5, 5.41) is 8.80. The van der Waals surface area contributed by atoms with Gasteiger partial charge in [-0.15, -0.1) is 0 Å². The van der Waals surface area contributed by atoms with Crippen LogP contribution in [0, 0.1) is 0 Å². The second-order valence-corrected chi connectivity index (χ2v) is 6.83. The molecule has 0 saturated carbocycles. The highest BCUT2D eigenvalue weighted by Crippen LogP contribution is 2.16. The van der Waals surface area contributed by atoms with Crippen LogP contribution in [0.4, 0.5) is 4.79 Å². The smallest absolute Gasteiger partial charge is 0.450 e. The lowest BCUT2D eigenvalue weighted by atomic mass is 10.0. The largest absolute Gasteiger partial charge is 0.506 e. The molecule has 0 rings (SSSR count). The van der Waals surface area contributed by atoms with E-state index in [1.54, 1.807) is 0 Å². The minimum absolute atomic E-state index is 0.0855. The highest BCUT2D eigenvalue weighted by atomic mass is 16.7. The Morgan fingerprint density at radius 1 is 0.696 bits per heavy atom. The number of carboxylic acid groups (broad SMARTS) is 1. The first kappa shape index (κ1) is 22.3. The van der Waals surface area contributed by atoms with Crippen LogP contribution in [0.25, 0.3) is 0 Å². The first-order valence-electron chi connectivity index (χ1n) is 10.1. The fourth-order valence-electron chi connectivity index (χ4n) is 3.06. The Morgan fingerprint density at radius 2 is 1.04 bits per heavy atom. The molecule has 1 atom stereocenters. The minimum Gasteiger partial charge on any atom is -0.450 e. The number of hydrogen-bond donors (Lipinski definition) is 1. The van der Waals surface area contributed by atoms with E-state index >= 15 is 0 Å². The molecule has 0 spiro atoms. The Labute approximate surface area is 144 Å². The molecule has 0 aromatic rings. The Hall–Kier alpha value is -0.730. The van der Waals surface area contributed by atoms with Crippen LogP contribution in [0.2, 0.25) is 0 Å². The summed E-state index contributed by atoms with van der Waals surface area (Å²) in [5.74, 6) is 0. The van der Waals surface area contributed by atoms with E-state index in [2.05, 4.69) is 13.8 Å². The third-order valence-electron chi connectivity index (χ3n) is 4.53. The van der Waals surface area contributed by atoms with Crippen molar-refractivity contribution in [3.05, 3.63) is 0 Å². The number of carbonyl (C=O) groups is 1. The zero-order chi connectivity index (χ0) is 17.2. The molecule has 0 heterocycles. The van der Waals surface area contributed by atoms with Crippen LogP contribution in [-0.4, -0.2) is 17.4 Å². The molecule has 0 fully saturated rings. The Morgan fingerprint density at radius 3 is 1.48 bits per heavy atom. The molecule has 1 unspecified atom stereocenters. The highest BCUT2D eigenvalue weighted by Gasteiger charge is 2.12. The van der Waals surface area contributed by atoms with E-state index in [0.717, 1.165) is 38.5 Å². The van der Waals surface area contributed by atoms with Gasteiger partial charge in [-0.3, -0.25) is 0 Å². The summed E-state index contributed by atoms with van der Waals surface area (Å²) in [7, 11) is 0. The third-order valence-corrected chi connectivity index (χ3v) is 4.53. The standard InChI is InChI=1S/C20H40O3/c1-3-5-7-8-9-10-11-12-13-14-16-18-19(23-20(21)22)17-15-6-4-2/h19H,3-18H2,1-2H3,(H,21,22). The van der Waals surface area contributed by atoms with E-state index in [1.807, 2.05) is 0 Å². The van der Waals surface area contributed by atoms with E-state index in [-0.39, 0.29) is 6.10 Å². The van der Waals surface area contributed by atoms with Gasteiger partial charge >= 0.3 is 6.16 Å².